The molecule has 2 rings (SSSR count). The van der Waals surface area contributed by atoms with Crippen LogP contribution in [0.4, 0.5) is 0 Å². The minimum atomic E-state index is -1.24. The summed E-state index contributed by atoms with van der Waals surface area (Å²) < 4.78 is 5.23. The number of carbonyl (C=O) groups excluding carboxylic acids is 1. The third kappa shape index (κ3) is 2.01. The molecule has 1 fully saturated rings. The molecule has 1 aromatic rings. The van der Waals surface area contributed by atoms with E-state index in [9.17, 15) is 14.7 Å². The van der Waals surface area contributed by atoms with Gasteiger partial charge in [0.25, 0.3) is 0 Å². The minimum absolute atomic E-state index is 0.328. The van der Waals surface area contributed by atoms with Crippen LogP contribution in [0.2, 0.25) is 0 Å². The molecule has 0 spiro atoms. The van der Waals surface area contributed by atoms with Crippen molar-refractivity contribution in [3.63, 3.8) is 0 Å². The molecule has 0 amide bonds. The summed E-state index contributed by atoms with van der Waals surface area (Å²) in [6, 6.07) is 3.52. The number of aliphatic carboxylic acids is 1. The minimum Gasteiger partial charge on any atom is -0.496 e. The van der Waals surface area contributed by atoms with Gasteiger partial charge in [-0.15, -0.1) is 0 Å². The Balaban J connectivity index is 2.49. The Bertz CT molecular complexity index is 541. The van der Waals surface area contributed by atoms with Crippen LogP contribution in [0.3, 0.4) is 0 Å². The van der Waals surface area contributed by atoms with Crippen LogP contribution in [0.5, 0.6) is 5.75 Å². The fourth-order valence-corrected chi connectivity index (χ4v) is 2.46. The van der Waals surface area contributed by atoms with Gasteiger partial charge in [0.05, 0.1) is 12.7 Å². The predicted octanol–water partition coefficient (Wildman–Crippen LogP) is 2.75. The molecule has 4 nitrogen and oxygen atoms in total. The van der Waals surface area contributed by atoms with Gasteiger partial charge < -0.3 is 9.84 Å². The van der Waals surface area contributed by atoms with Crippen LogP contribution in [0.1, 0.15) is 40.7 Å². The highest BCUT2D eigenvalue weighted by atomic mass is 16.5. The number of hydrogen-bond donors (Lipinski definition) is 1. The largest absolute Gasteiger partial charge is 0.496 e. The molecule has 1 aliphatic rings. The van der Waals surface area contributed by atoms with Crippen LogP contribution < -0.4 is 4.74 Å². The molecule has 0 heterocycles. The van der Waals surface area contributed by atoms with Crippen molar-refractivity contribution >= 4 is 11.8 Å². The molecule has 1 aliphatic carbocycles. The topological polar surface area (TPSA) is 63.6 Å². The fourth-order valence-electron chi connectivity index (χ4n) is 2.46. The lowest BCUT2D eigenvalue weighted by atomic mass is 9.64. The van der Waals surface area contributed by atoms with Gasteiger partial charge in [0.2, 0.25) is 0 Å². The van der Waals surface area contributed by atoms with Crippen LogP contribution in [0, 0.1) is 19.3 Å². The van der Waals surface area contributed by atoms with Crippen molar-refractivity contribution in [1.29, 1.82) is 0 Å². The summed E-state index contributed by atoms with van der Waals surface area (Å²) >= 11 is 0. The Morgan fingerprint density at radius 1 is 1.21 bits per heavy atom. The number of carboxylic acids is 1. The van der Waals surface area contributed by atoms with E-state index in [1.807, 2.05) is 13.8 Å². The Morgan fingerprint density at radius 2 is 1.79 bits per heavy atom. The number of ketones is 1. The molecule has 0 saturated heterocycles. The van der Waals surface area contributed by atoms with Gasteiger partial charge >= 0.3 is 5.97 Å². The molecule has 0 aliphatic heterocycles. The van der Waals surface area contributed by atoms with Crippen molar-refractivity contribution < 1.29 is 19.4 Å². The molecular weight excluding hydrogens is 244 g/mol. The summed E-state index contributed by atoms with van der Waals surface area (Å²) in [5, 5.41) is 9.34. The first-order valence-corrected chi connectivity index (χ1v) is 6.36. The first-order valence-electron chi connectivity index (χ1n) is 6.36. The molecule has 0 bridgehead atoms. The lowest BCUT2D eigenvalue weighted by Gasteiger charge is -2.36. The highest BCUT2D eigenvalue weighted by Crippen LogP contribution is 2.45. The first kappa shape index (κ1) is 13.6. The highest BCUT2D eigenvalue weighted by Gasteiger charge is 2.51. The van der Waals surface area contributed by atoms with Crippen LogP contribution in [0.25, 0.3) is 0 Å². The number of ether oxygens (including phenoxy) is 1. The second-order valence-electron chi connectivity index (χ2n) is 5.21. The second-order valence-corrected chi connectivity index (χ2v) is 5.21. The summed E-state index contributed by atoms with van der Waals surface area (Å²) in [6.07, 6.45) is 1.61. The molecule has 19 heavy (non-hydrogen) atoms. The fraction of sp³-hybridized carbons (Fsp3) is 0.467. The zero-order valence-corrected chi connectivity index (χ0v) is 11.4. The van der Waals surface area contributed by atoms with Crippen molar-refractivity contribution in [2.45, 2.75) is 33.1 Å². The third-order valence-electron chi connectivity index (χ3n) is 4.11. The number of benzene rings is 1. The van der Waals surface area contributed by atoms with E-state index in [2.05, 4.69) is 0 Å². The molecule has 1 aromatic carbocycles. The maximum Gasteiger partial charge on any atom is 0.317 e. The summed E-state index contributed by atoms with van der Waals surface area (Å²) in [5.74, 6) is -0.893. The van der Waals surface area contributed by atoms with Gasteiger partial charge in [-0.05, 0) is 49.9 Å². The van der Waals surface area contributed by atoms with E-state index in [4.69, 9.17) is 4.74 Å². The van der Waals surface area contributed by atoms with Gasteiger partial charge in [-0.3, -0.25) is 9.59 Å². The second kappa shape index (κ2) is 4.68. The van der Waals surface area contributed by atoms with E-state index in [1.165, 1.54) is 7.11 Å². The van der Waals surface area contributed by atoms with Gasteiger partial charge in [0, 0.05) is 0 Å². The number of methoxy groups -OCH3 is 1. The third-order valence-corrected chi connectivity index (χ3v) is 4.11. The Morgan fingerprint density at radius 3 is 2.21 bits per heavy atom. The maximum atomic E-state index is 12.6. The van der Waals surface area contributed by atoms with Gasteiger partial charge in [-0.1, -0.05) is 6.42 Å². The van der Waals surface area contributed by atoms with E-state index >= 15 is 0 Å². The van der Waals surface area contributed by atoms with Gasteiger partial charge in [0.1, 0.15) is 11.2 Å². The highest BCUT2D eigenvalue weighted by molar-refractivity contribution is 6.14. The SMILES string of the molecule is COc1cc(C)c(C)cc1C(=O)C1(C(=O)O)CCC1. The summed E-state index contributed by atoms with van der Waals surface area (Å²) in [5.41, 5.74) is 1.12. The van der Waals surface area contributed by atoms with Crippen molar-refractivity contribution in [3.05, 3.63) is 28.8 Å². The van der Waals surface area contributed by atoms with Gasteiger partial charge in [-0.2, -0.15) is 0 Å². The lowest BCUT2D eigenvalue weighted by molar-refractivity contribution is -0.150. The van der Waals surface area contributed by atoms with E-state index in [0.29, 0.717) is 24.2 Å². The lowest BCUT2D eigenvalue weighted by Crippen LogP contribution is -2.45. The molecule has 0 radical (unpaired) electrons. The Hall–Kier alpha value is -1.84. The number of Topliss-reactive ketones (excluding diaryl/α,β-unsaturated/α-hetero) is 1. The molecule has 0 aromatic heterocycles. The Kier molecular flexibility index (Phi) is 3.35. The smallest absolute Gasteiger partial charge is 0.317 e. The predicted molar refractivity (Wildman–Crippen MR) is 70.7 cm³/mol. The molecule has 1 N–H and O–H groups in total. The number of aryl methyl sites for hydroxylation is 2. The quantitative estimate of drug-likeness (QED) is 0.669. The molecule has 0 atom stereocenters. The van der Waals surface area contributed by atoms with Crippen LogP contribution in [-0.4, -0.2) is 24.0 Å². The standard InChI is InChI=1S/C15H18O4/c1-9-7-11(12(19-3)8-10(9)2)13(16)15(14(17)18)5-4-6-15/h7-8H,4-6H2,1-3H3,(H,17,18). The van der Waals surface area contributed by atoms with E-state index in [0.717, 1.165) is 17.5 Å². The molecule has 0 unspecified atom stereocenters. The van der Waals surface area contributed by atoms with Crippen LogP contribution in [-0.2, 0) is 4.79 Å². The van der Waals surface area contributed by atoms with Crippen molar-refractivity contribution in [2.75, 3.05) is 7.11 Å². The molecule has 1 saturated carbocycles. The first-order chi connectivity index (χ1) is 8.92. The molecule has 4 heteroatoms. The van der Waals surface area contributed by atoms with Gasteiger partial charge in [0.15, 0.2) is 5.78 Å². The van der Waals surface area contributed by atoms with Crippen molar-refractivity contribution in [2.24, 2.45) is 5.41 Å². The van der Waals surface area contributed by atoms with E-state index in [-0.39, 0.29) is 5.78 Å². The Labute approximate surface area is 112 Å². The number of carbonyl (C=O) groups is 2. The summed E-state index contributed by atoms with van der Waals surface area (Å²) in [6.45, 7) is 3.84. The average molecular weight is 262 g/mol. The summed E-state index contributed by atoms with van der Waals surface area (Å²) in [4.78, 5) is 24.0. The maximum absolute atomic E-state index is 12.6. The monoisotopic (exact) mass is 262 g/mol. The summed E-state index contributed by atoms with van der Waals surface area (Å²) in [7, 11) is 1.50. The molecular formula is C15H18O4. The number of hydrogen-bond acceptors (Lipinski definition) is 3. The van der Waals surface area contributed by atoms with E-state index in [1.54, 1.807) is 12.1 Å². The number of rotatable bonds is 4. The van der Waals surface area contributed by atoms with Crippen molar-refractivity contribution in [1.82, 2.24) is 0 Å². The van der Waals surface area contributed by atoms with Gasteiger partial charge in [-0.25, -0.2) is 0 Å². The normalized spacial score (nSPS) is 16.6. The number of carboxylic acid groups (broad SMARTS) is 1. The van der Waals surface area contributed by atoms with Crippen LogP contribution >= 0.6 is 0 Å². The zero-order chi connectivity index (χ0) is 14.2. The van der Waals surface area contributed by atoms with Crippen LogP contribution in [0.15, 0.2) is 12.1 Å². The van der Waals surface area contributed by atoms with Crippen molar-refractivity contribution in [3.8, 4) is 5.75 Å². The average Bonchev–Trinajstić information content (AvgIpc) is 2.29. The zero-order valence-electron chi connectivity index (χ0n) is 11.4. The molecule has 102 valence electrons. The van der Waals surface area contributed by atoms with E-state index < -0.39 is 11.4 Å².